The third-order valence-corrected chi connectivity index (χ3v) is 4.79. The fraction of sp³-hybridized carbons (Fsp3) is 0.238. The average Bonchev–Trinajstić information content (AvgIpc) is 2.80. The molecule has 2 heterocycles. The average molecular weight is 383 g/mol. The number of aromatic amines is 1. The molecule has 1 aliphatic heterocycles. The first-order valence-electron chi connectivity index (χ1n) is 8.98. The van der Waals surface area contributed by atoms with Gasteiger partial charge in [-0.3, -0.25) is 4.79 Å². The highest BCUT2D eigenvalue weighted by Gasteiger charge is 2.23. The molecule has 28 heavy (non-hydrogen) atoms. The molecule has 0 bridgehead atoms. The second-order valence-electron chi connectivity index (χ2n) is 6.96. The van der Waals surface area contributed by atoms with Gasteiger partial charge in [-0.25, -0.2) is 13.9 Å². The molecular weight excluding hydrogens is 364 g/mol. The second-order valence-corrected chi connectivity index (χ2v) is 6.96. The van der Waals surface area contributed by atoms with Gasteiger partial charge < -0.3 is 9.64 Å². The van der Waals surface area contributed by atoms with Gasteiger partial charge in [-0.05, 0) is 30.3 Å². The van der Waals surface area contributed by atoms with Crippen LogP contribution in [0.4, 0.5) is 8.78 Å². The minimum absolute atomic E-state index is 0.171. The molecule has 0 saturated carbocycles. The van der Waals surface area contributed by atoms with Gasteiger partial charge in [0.1, 0.15) is 23.5 Å². The van der Waals surface area contributed by atoms with Gasteiger partial charge >= 0.3 is 0 Å². The van der Waals surface area contributed by atoms with Gasteiger partial charge in [0.05, 0.1) is 5.69 Å². The van der Waals surface area contributed by atoms with Crippen molar-refractivity contribution in [2.75, 3.05) is 13.6 Å². The number of rotatable bonds is 3. The maximum Gasteiger partial charge on any atom is 0.264 e. The van der Waals surface area contributed by atoms with E-state index in [0.29, 0.717) is 18.7 Å². The molecule has 0 radical (unpaired) electrons. The first-order valence-corrected chi connectivity index (χ1v) is 8.98. The van der Waals surface area contributed by atoms with Crippen molar-refractivity contribution in [1.29, 1.82) is 0 Å². The van der Waals surface area contributed by atoms with Crippen LogP contribution in [-0.4, -0.2) is 28.7 Å². The van der Waals surface area contributed by atoms with Crippen molar-refractivity contribution in [2.24, 2.45) is 0 Å². The van der Waals surface area contributed by atoms with Gasteiger partial charge in [0, 0.05) is 49.3 Å². The number of ether oxygens (including phenoxy) is 1. The van der Waals surface area contributed by atoms with Crippen LogP contribution in [0.25, 0.3) is 11.3 Å². The first-order chi connectivity index (χ1) is 13.5. The fourth-order valence-electron chi connectivity index (χ4n) is 3.47. The van der Waals surface area contributed by atoms with Gasteiger partial charge in [-0.1, -0.05) is 12.1 Å². The summed E-state index contributed by atoms with van der Waals surface area (Å²) in [5.41, 5.74) is 3.31. The zero-order chi connectivity index (χ0) is 19.7. The van der Waals surface area contributed by atoms with E-state index in [1.54, 1.807) is 6.07 Å². The van der Waals surface area contributed by atoms with E-state index in [1.165, 1.54) is 18.2 Å². The largest absolute Gasteiger partial charge is 0.485 e. The van der Waals surface area contributed by atoms with Crippen molar-refractivity contribution >= 4 is 0 Å². The molecule has 3 aromatic rings. The highest BCUT2D eigenvalue weighted by Crippen LogP contribution is 2.33. The highest BCUT2D eigenvalue weighted by atomic mass is 19.1. The summed E-state index contributed by atoms with van der Waals surface area (Å²) in [6.07, 6.45) is 0.372. The molecule has 1 aromatic heterocycles. The van der Waals surface area contributed by atoms with Crippen LogP contribution in [-0.2, 0) is 6.54 Å². The summed E-state index contributed by atoms with van der Waals surface area (Å²) in [4.78, 5) is 13.4. The number of hydrogen-bond acceptors (Lipinski definition) is 4. The quantitative estimate of drug-likeness (QED) is 0.750. The Balaban J connectivity index is 1.69. The Kier molecular flexibility index (Phi) is 4.92. The molecule has 0 amide bonds. The van der Waals surface area contributed by atoms with E-state index in [2.05, 4.69) is 15.1 Å². The van der Waals surface area contributed by atoms with Gasteiger partial charge in [-0.2, -0.15) is 5.10 Å². The monoisotopic (exact) mass is 383 g/mol. The van der Waals surface area contributed by atoms with Crippen LogP contribution in [0.2, 0.25) is 0 Å². The number of hydrogen-bond donors (Lipinski definition) is 1. The summed E-state index contributed by atoms with van der Waals surface area (Å²) in [5, 5.41) is 6.52. The predicted molar refractivity (Wildman–Crippen MR) is 101 cm³/mol. The zero-order valence-corrected chi connectivity index (χ0v) is 15.3. The number of H-pyrrole nitrogens is 1. The smallest absolute Gasteiger partial charge is 0.264 e. The van der Waals surface area contributed by atoms with Gasteiger partial charge in [-0.15, -0.1) is 0 Å². The molecule has 0 aliphatic carbocycles. The van der Waals surface area contributed by atoms with Crippen molar-refractivity contribution in [1.82, 2.24) is 15.1 Å². The fourth-order valence-corrected chi connectivity index (χ4v) is 3.47. The summed E-state index contributed by atoms with van der Waals surface area (Å²) in [6.45, 7) is 1.49. The van der Waals surface area contributed by atoms with Crippen molar-refractivity contribution in [3.8, 4) is 17.0 Å². The van der Waals surface area contributed by atoms with Crippen molar-refractivity contribution in [2.45, 2.75) is 19.1 Å². The summed E-state index contributed by atoms with van der Waals surface area (Å²) >= 11 is 0. The Morgan fingerprint density at radius 1 is 1.11 bits per heavy atom. The van der Waals surface area contributed by atoms with Crippen molar-refractivity contribution in [3.05, 3.63) is 81.6 Å². The Labute approximate surface area is 160 Å². The molecule has 5 nitrogen and oxygen atoms in total. The normalized spacial score (nSPS) is 17.0. The van der Waals surface area contributed by atoms with E-state index in [0.717, 1.165) is 29.3 Å². The Morgan fingerprint density at radius 2 is 1.89 bits per heavy atom. The van der Waals surface area contributed by atoms with Crippen LogP contribution in [0.1, 0.15) is 23.7 Å². The molecule has 1 N–H and O–H groups in total. The molecule has 7 heteroatoms. The standard InChI is InChI=1S/C21H19F2N3O2/c1-26-7-6-20(28-17-10-15(22)9-16(23)11-17)18-3-2-13(8-14(18)12-26)19-4-5-21(27)25-24-19/h2-5,8-11,20H,6-7,12H2,1H3,(H,25,27). The van der Waals surface area contributed by atoms with Crippen LogP contribution >= 0.6 is 0 Å². The lowest BCUT2D eigenvalue weighted by Crippen LogP contribution is -2.18. The van der Waals surface area contributed by atoms with Crippen LogP contribution in [0.15, 0.2) is 53.3 Å². The number of nitrogens with one attached hydrogen (secondary N) is 1. The topological polar surface area (TPSA) is 58.2 Å². The molecular formula is C21H19F2N3O2. The third-order valence-electron chi connectivity index (χ3n) is 4.79. The lowest BCUT2D eigenvalue weighted by Gasteiger charge is -2.20. The predicted octanol–water partition coefficient (Wildman–Crippen LogP) is 3.67. The van der Waals surface area contributed by atoms with Gasteiger partial charge in [0.25, 0.3) is 5.56 Å². The highest BCUT2D eigenvalue weighted by molar-refractivity contribution is 5.60. The number of halogens is 2. The maximum atomic E-state index is 13.5. The van der Waals surface area contributed by atoms with Gasteiger partial charge in [0.15, 0.2) is 0 Å². The lowest BCUT2D eigenvalue weighted by molar-refractivity contribution is 0.181. The molecule has 1 atom stereocenters. The molecule has 0 fully saturated rings. The molecule has 144 valence electrons. The summed E-state index contributed by atoms with van der Waals surface area (Å²) in [7, 11) is 2.01. The van der Waals surface area contributed by atoms with Crippen LogP contribution in [0, 0.1) is 11.6 Å². The Hall–Kier alpha value is -3.06. The first kappa shape index (κ1) is 18.3. The number of benzene rings is 2. The second kappa shape index (κ2) is 7.52. The molecule has 1 unspecified atom stereocenters. The third kappa shape index (κ3) is 3.94. The molecule has 4 rings (SSSR count). The zero-order valence-electron chi connectivity index (χ0n) is 15.3. The summed E-state index contributed by atoms with van der Waals surface area (Å²) < 4.78 is 33.0. The number of fused-ring (bicyclic) bond motifs is 1. The molecule has 0 saturated heterocycles. The SMILES string of the molecule is CN1CCC(Oc2cc(F)cc(F)c2)c2ccc(-c3ccc(=O)[nH]n3)cc2C1. The number of nitrogens with zero attached hydrogens (tertiary/aromatic N) is 2. The maximum absolute atomic E-state index is 13.5. The lowest BCUT2D eigenvalue weighted by atomic mass is 9.97. The minimum atomic E-state index is -0.666. The summed E-state index contributed by atoms with van der Waals surface area (Å²) in [5.74, 6) is -1.16. The molecule has 1 aliphatic rings. The van der Waals surface area contributed by atoms with Crippen LogP contribution in [0.3, 0.4) is 0 Å². The molecule has 0 spiro atoms. The van der Waals surface area contributed by atoms with E-state index in [4.69, 9.17) is 4.74 Å². The van der Waals surface area contributed by atoms with E-state index in [-0.39, 0.29) is 17.4 Å². The van der Waals surface area contributed by atoms with Crippen LogP contribution in [0.5, 0.6) is 5.75 Å². The van der Waals surface area contributed by atoms with Crippen molar-refractivity contribution in [3.63, 3.8) is 0 Å². The summed E-state index contributed by atoms with van der Waals surface area (Å²) in [6, 6.07) is 12.2. The Bertz CT molecular complexity index is 1030. The van der Waals surface area contributed by atoms with Crippen LogP contribution < -0.4 is 10.3 Å². The minimum Gasteiger partial charge on any atom is -0.485 e. The van der Waals surface area contributed by atoms with E-state index >= 15 is 0 Å². The van der Waals surface area contributed by atoms with E-state index in [1.807, 2.05) is 25.2 Å². The van der Waals surface area contributed by atoms with E-state index in [9.17, 15) is 13.6 Å². The van der Waals surface area contributed by atoms with E-state index < -0.39 is 11.6 Å². The van der Waals surface area contributed by atoms with Crippen molar-refractivity contribution < 1.29 is 13.5 Å². The van der Waals surface area contributed by atoms with Gasteiger partial charge in [0.2, 0.25) is 0 Å². The molecule has 2 aromatic carbocycles. The number of aromatic nitrogens is 2. The Morgan fingerprint density at radius 3 is 2.61 bits per heavy atom.